The summed E-state index contributed by atoms with van der Waals surface area (Å²) in [7, 11) is 0. The molecule has 1 atom stereocenters. The highest BCUT2D eigenvalue weighted by Gasteiger charge is 2.27. The SMILES string of the molecule is Nc1c(Nc2cccc(CNC(=O)c3cc(C(=O)N[C@H]4CCc5cc(-c6nn[nH]n6)ccc54)n4c(=S)[nH]nc4n3)c2)c(=O)c1=O. The number of rotatable bonds is 8. The normalized spacial score (nSPS) is 14.0. The van der Waals surface area contributed by atoms with E-state index in [0.717, 1.165) is 23.1 Å². The van der Waals surface area contributed by atoms with Crippen LogP contribution in [-0.4, -0.2) is 52.0 Å². The molecular formula is C28H22N12O4S. The number of benzene rings is 2. The van der Waals surface area contributed by atoms with Crippen molar-refractivity contribution in [2.75, 3.05) is 11.1 Å². The molecule has 16 nitrogen and oxygen atoms in total. The summed E-state index contributed by atoms with van der Waals surface area (Å²) in [4.78, 5) is 54.3. The fraction of sp³-hybridized carbons (Fsp3) is 0.143. The molecule has 7 N–H and O–H groups in total. The number of H-pyrrole nitrogens is 2. The van der Waals surface area contributed by atoms with E-state index in [0.29, 0.717) is 23.5 Å². The van der Waals surface area contributed by atoms with Gasteiger partial charge in [-0.2, -0.15) is 5.21 Å². The molecule has 3 aromatic heterocycles. The number of tetrazole rings is 1. The van der Waals surface area contributed by atoms with Crippen LogP contribution in [0.3, 0.4) is 0 Å². The minimum absolute atomic E-state index is 0.0380. The Hall–Kier alpha value is -6.10. The van der Waals surface area contributed by atoms with Crippen LogP contribution >= 0.6 is 12.2 Å². The van der Waals surface area contributed by atoms with Gasteiger partial charge in [0.15, 0.2) is 0 Å². The van der Waals surface area contributed by atoms with Gasteiger partial charge in [-0.15, -0.1) is 15.3 Å². The first kappa shape index (κ1) is 27.7. The van der Waals surface area contributed by atoms with Crippen molar-refractivity contribution in [3.63, 3.8) is 0 Å². The molecule has 0 fully saturated rings. The summed E-state index contributed by atoms with van der Waals surface area (Å²) in [6, 6.07) is 13.8. The lowest BCUT2D eigenvalue weighted by molar-refractivity contribution is 0.0930. The second-order valence-corrected chi connectivity index (χ2v) is 10.7. The number of nitrogens with one attached hydrogen (secondary N) is 5. The van der Waals surface area contributed by atoms with Crippen LogP contribution < -0.4 is 32.5 Å². The summed E-state index contributed by atoms with van der Waals surface area (Å²) in [6.45, 7) is 0.0989. The van der Waals surface area contributed by atoms with Crippen LogP contribution in [0.2, 0.25) is 0 Å². The Morgan fingerprint density at radius 2 is 1.93 bits per heavy atom. The molecular weight excluding hydrogens is 600 g/mol. The van der Waals surface area contributed by atoms with Gasteiger partial charge in [-0.3, -0.25) is 19.2 Å². The van der Waals surface area contributed by atoms with Gasteiger partial charge in [-0.1, -0.05) is 24.3 Å². The lowest BCUT2D eigenvalue weighted by Gasteiger charge is -2.15. The number of anilines is 3. The number of amides is 2. The molecule has 3 aromatic carbocycles. The average molecular weight is 623 g/mol. The summed E-state index contributed by atoms with van der Waals surface area (Å²) >= 11 is 5.34. The van der Waals surface area contributed by atoms with Crippen molar-refractivity contribution in [2.45, 2.75) is 25.4 Å². The van der Waals surface area contributed by atoms with Crippen LogP contribution in [0.4, 0.5) is 17.1 Å². The van der Waals surface area contributed by atoms with E-state index >= 15 is 0 Å². The second-order valence-electron chi connectivity index (χ2n) is 10.4. The highest BCUT2D eigenvalue weighted by molar-refractivity contribution is 7.71. The van der Waals surface area contributed by atoms with E-state index in [1.165, 1.54) is 10.5 Å². The van der Waals surface area contributed by atoms with E-state index in [1.54, 1.807) is 24.3 Å². The molecule has 0 saturated heterocycles. The predicted molar refractivity (Wildman–Crippen MR) is 163 cm³/mol. The molecule has 1 aliphatic carbocycles. The van der Waals surface area contributed by atoms with Crippen molar-refractivity contribution in [1.29, 1.82) is 0 Å². The molecule has 0 bridgehead atoms. The van der Waals surface area contributed by atoms with Crippen LogP contribution in [0.1, 0.15) is 50.1 Å². The zero-order valence-corrected chi connectivity index (χ0v) is 23.9. The van der Waals surface area contributed by atoms with Crippen molar-refractivity contribution in [3.8, 4) is 11.4 Å². The van der Waals surface area contributed by atoms with E-state index in [1.807, 2.05) is 18.2 Å². The highest BCUT2D eigenvalue weighted by Crippen LogP contribution is 2.33. The molecule has 0 unspecified atom stereocenters. The Bertz CT molecular complexity index is 2270. The maximum atomic E-state index is 13.6. The molecule has 45 heavy (non-hydrogen) atoms. The Kier molecular flexibility index (Phi) is 6.70. The topological polar surface area (TPSA) is 231 Å². The Morgan fingerprint density at radius 1 is 1.07 bits per heavy atom. The van der Waals surface area contributed by atoms with Gasteiger partial charge < -0.3 is 21.7 Å². The number of aromatic amines is 2. The van der Waals surface area contributed by atoms with Crippen LogP contribution in [0.5, 0.6) is 0 Å². The first-order valence-corrected chi connectivity index (χ1v) is 14.1. The summed E-state index contributed by atoms with van der Waals surface area (Å²) in [5, 5.41) is 29.5. The van der Waals surface area contributed by atoms with Gasteiger partial charge in [0.1, 0.15) is 22.8 Å². The van der Waals surface area contributed by atoms with Crippen molar-refractivity contribution in [2.24, 2.45) is 0 Å². The van der Waals surface area contributed by atoms with E-state index in [4.69, 9.17) is 18.0 Å². The second kappa shape index (κ2) is 10.9. The highest BCUT2D eigenvalue weighted by atomic mass is 32.1. The van der Waals surface area contributed by atoms with Crippen LogP contribution in [0.25, 0.3) is 17.2 Å². The Balaban J connectivity index is 1.08. The smallest absolute Gasteiger partial charge is 0.270 e. The third-order valence-corrected chi connectivity index (χ3v) is 7.85. The number of carbonyl (C=O) groups is 2. The number of aryl methyl sites for hydroxylation is 1. The maximum absolute atomic E-state index is 13.6. The van der Waals surface area contributed by atoms with Crippen LogP contribution in [0.15, 0.2) is 58.1 Å². The number of hydrogen-bond donors (Lipinski definition) is 6. The number of nitrogen functional groups attached to an aromatic ring is 1. The number of nitrogens with zero attached hydrogens (tertiary/aromatic N) is 6. The molecule has 0 aliphatic heterocycles. The van der Waals surface area contributed by atoms with Gasteiger partial charge >= 0.3 is 0 Å². The minimum Gasteiger partial charge on any atom is -0.394 e. The zero-order valence-electron chi connectivity index (χ0n) is 23.1. The third-order valence-electron chi connectivity index (χ3n) is 7.58. The van der Waals surface area contributed by atoms with Gasteiger partial charge in [0.25, 0.3) is 28.4 Å². The van der Waals surface area contributed by atoms with E-state index in [2.05, 4.69) is 51.8 Å². The van der Waals surface area contributed by atoms with Crippen molar-refractivity contribution in [1.82, 2.24) is 50.8 Å². The standard InChI is InChI=1S/C28H22N12O4S/c29-20-21(23(42)22(20)41)31-15-3-1-2-12(8-15)11-30-25(43)18-10-19(40-27(33-18)36-37-28(40)45)26(44)32-17-7-5-13-9-14(4-6-16(13)17)24-34-38-39-35-24/h1-4,6,8-10,17,31H,5,7,11,29H2,(H,30,43)(H,32,44)(H,37,45)(H,34,35,38,39)/t17-/m0/s1. The van der Waals surface area contributed by atoms with Gasteiger partial charge in [0.2, 0.25) is 10.6 Å². The van der Waals surface area contributed by atoms with Crippen molar-refractivity contribution < 1.29 is 9.59 Å². The molecule has 3 heterocycles. The number of nitrogens with two attached hydrogens (primary N) is 1. The monoisotopic (exact) mass is 622 g/mol. The zero-order chi connectivity index (χ0) is 31.2. The third kappa shape index (κ3) is 4.99. The van der Waals surface area contributed by atoms with Gasteiger partial charge in [-0.25, -0.2) is 14.5 Å². The van der Waals surface area contributed by atoms with Crippen LogP contribution in [-0.2, 0) is 13.0 Å². The van der Waals surface area contributed by atoms with Gasteiger partial charge in [0.05, 0.1) is 6.04 Å². The lowest BCUT2D eigenvalue weighted by Crippen LogP contribution is -2.36. The number of fused-ring (bicyclic) bond motifs is 2. The Labute approximate surface area is 256 Å². The van der Waals surface area contributed by atoms with Crippen molar-refractivity contribution >= 4 is 46.9 Å². The summed E-state index contributed by atoms with van der Waals surface area (Å²) in [5.41, 5.74) is 8.23. The molecule has 0 radical (unpaired) electrons. The number of carbonyl (C=O) groups excluding carboxylic acids is 2. The van der Waals surface area contributed by atoms with E-state index in [-0.39, 0.29) is 45.9 Å². The first-order chi connectivity index (χ1) is 21.8. The molecule has 17 heteroatoms. The largest absolute Gasteiger partial charge is 0.394 e. The van der Waals surface area contributed by atoms with E-state index < -0.39 is 22.7 Å². The lowest BCUT2D eigenvalue weighted by atomic mass is 10.0. The summed E-state index contributed by atoms with van der Waals surface area (Å²) < 4.78 is 1.52. The molecule has 1 aliphatic rings. The molecule has 0 saturated carbocycles. The Morgan fingerprint density at radius 3 is 2.73 bits per heavy atom. The molecule has 224 valence electrons. The minimum atomic E-state index is -0.722. The number of aromatic nitrogens is 8. The molecule has 2 amide bonds. The first-order valence-electron chi connectivity index (χ1n) is 13.7. The number of hydrogen-bond acceptors (Lipinski definition) is 12. The quantitative estimate of drug-likeness (QED) is 0.104. The molecule has 0 spiro atoms. The van der Waals surface area contributed by atoms with Gasteiger partial charge in [0, 0.05) is 17.8 Å². The average Bonchev–Trinajstić information content (AvgIpc) is 3.82. The van der Waals surface area contributed by atoms with E-state index in [9.17, 15) is 19.2 Å². The fourth-order valence-corrected chi connectivity index (χ4v) is 5.56. The van der Waals surface area contributed by atoms with Crippen molar-refractivity contribution in [3.05, 3.63) is 102 Å². The van der Waals surface area contributed by atoms with Gasteiger partial charge in [-0.05, 0) is 71.2 Å². The maximum Gasteiger partial charge on any atom is 0.270 e. The molecule has 7 rings (SSSR count). The summed E-state index contributed by atoms with van der Waals surface area (Å²) in [6.07, 6.45) is 1.42. The molecule has 6 aromatic rings. The summed E-state index contributed by atoms with van der Waals surface area (Å²) in [5.74, 6) is -0.456. The fourth-order valence-electron chi connectivity index (χ4n) is 5.33. The van der Waals surface area contributed by atoms with Crippen LogP contribution in [0, 0.1) is 4.77 Å². The predicted octanol–water partition coefficient (Wildman–Crippen LogP) is 1.24.